The van der Waals surface area contributed by atoms with Gasteiger partial charge in [-0.3, -0.25) is 0 Å². The molecule has 0 bridgehead atoms. The first-order chi connectivity index (χ1) is 8.27. The van der Waals surface area contributed by atoms with E-state index < -0.39 is 0 Å². The Morgan fingerprint density at radius 1 is 1.24 bits per heavy atom. The van der Waals surface area contributed by atoms with Gasteiger partial charge < -0.3 is 14.8 Å². The third-order valence-corrected chi connectivity index (χ3v) is 4.67. The second kappa shape index (κ2) is 3.09. The van der Waals surface area contributed by atoms with Crippen molar-refractivity contribution in [1.29, 1.82) is 0 Å². The Labute approximate surface area is 101 Å². The Hall–Kier alpha value is -1.38. The molecule has 0 spiro atoms. The van der Waals surface area contributed by atoms with E-state index in [0.29, 0.717) is 12.8 Å². The molecule has 2 heterocycles. The standard InChI is InChI=1S/C14H17NO2/c1-14-5-3-2-4-13(14)15-10-7-12-11(6-9(10)14)16-8-17-12/h6-7,13,15H,2-5,8H2,1H3. The van der Waals surface area contributed by atoms with Gasteiger partial charge in [0.15, 0.2) is 11.5 Å². The Bertz CT molecular complexity index is 485. The molecule has 3 nitrogen and oxygen atoms in total. The number of benzene rings is 1. The van der Waals surface area contributed by atoms with Crippen LogP contribution in [0.1, 0.15) is 38.2 Å². The van der Waals surface area contributed by atoms with E-state index in [1.54, 1.807) is 0 Å². The first-order valence-corrected chi connectivity index (χ1v) is 6.48. The van der Waals surface area contributed by atoms with Gasteiger partial charge in [-0.25, -0.2) is 0 Å². The van der Waals surface area contributed by atoms with Gasteiger partial charge in [-0.05, 0) is 24.5 Å². The van der Waals surface area contributed by atoms with E-state index in [2.05, 4.69) is 24.4 Å². The number of ether oxygens (including phenoxy) is 2. The van der Waals surface area contributed by atoms with Crippen LogP contribution >= 0.6 is 0 Å². The molecule has 0 radical (unpaired) electrons. The molecule has 3 heteroatoms. The van der Waals surface area contributed by atoms with Crippen molar-refractivity contribution in [2.75, 3.05) is 12.1 Å². The van der Waals surface area contributed by atoms with E-state index >= 15 is 0 Å². The zero-order valence-electron chi connectivity index (χ0n) is 10.1. The molecular weight excluding hydrogens is 214 g/mol. The highest BCUT2D eigenvalue weighted by molar-refractivity contribution is 5.68. The third kappa shape index (κ3) is 1.17. The molecule has 3 aliphatic rings. The molecule has 0 amide bonds. The molecule has 2 atom stereocenters. The molecule has 17 heavy (non-hydrogen) atoms. The predicted octanol–water partition coefficient (Wildman–Crippen LogP) is 3.04. The summed E-state index contributed by atoms with van der Waals surface area (Å²) in [6, 6.07) is 4.89. The Kier molecular flexibility index (Phi) is 1.75. The molecule has 1 aromatic rings. The fourth-order valence-corrected chi connectivity index (χ4v) is 3.61. The van der Waals surface area contributed by atoms with E-state index in [-0.39, 0.29) is 5.41 Å². The maximum atomic E-state index is 5.50. The summed E-state index contributed by atoms with van der Waals surface area (Å²) in [6.45, 7) is 2.75. The van der Waals surface area contributed by atoms with E-state index in [0.717, 1.165) is 11.5 Å². The van der Waals surface area contributed by atoms with Crippen LogP contribution in [0.25, 0.3) is 0 Å². The van der Waals surface area contributed by atoms with Gasteiger partial charge in [0.05, 0.1) is 0 Å². The molecule has 4 rings (SSSR count). The predicted molar refractivity (Wildman–Crippen MR) is 65.8 cm³/mol. The van der Waals surface area contributed by atoms with Crippen LogP contribution in [-0.4, -0.2) is 12.8 Å². The van der Waals surface area contributed by atoms with Crippen LogP contribution in [0.2, 0.25) is 0 Å². The summed E-state index contributed by atoms with van der Waals surface area (Å²) in [4.78, 5) is 0. The summed E-state index contributed by atoms with van der Waals surface area (Å²) in [5.41, 5.74) is 2.96. The topological polar surface area (TPSA) is 30.5 Å². The number of fused-ring (bicyclic) bond motifs is 4. The quantitative estimate of drug-likeness (QED) is 0.744. The van der Waals surface area contributed by atoms with E-state index in [1.807, 2.05) is 0 Å². The Morgan fingerprint density at radius 2 is 2.06 bits per heavy atom. The van der Waals surface area contributed by atoms with Crippen molar-refractivity contribution >= 4 is 5.69 Å². The van der Waals surface area contributed by atoms with Crippen LogP contribution in [0.3, 0.4) is 0 Å². The summed E-state index contributed by atoms with van der Waals surface area (Å²) in [5, 5.41) is 3.67. The molecule has 2 unspecified atom stereocenters. The van der Waals surface area contributed by atoms with Crippen LogP contribution in [0.4, 0.5) is 5.69 Å². The molecule has 1 N–H and O–H groups in total. The van der Waals surface area contributed by atoms with Gasteiger partial charge in [0.25, 0.3) is 0 Å². The normalized spacial score (nSPS) is 32.9. The molecule has 1 aliphatic carbocycles. The molecule has 2 aliphatic heterocycles. The van der Waals surface area contributed by atoms with Gasteiger partial charge in [-0.1, -0.05) is 19.8 Å². The summed E-state index contributed by atoms with van der Waals surface area (Å²) in [5.74, 6) is 1.80. The van der Waals surface area contributed by atoms with Gasteiger partial charge >= 0.3 is 0 Å². The van der Waals surface area contributed by atoms with Gasteiger partial charge in [-0.15, -0.1) is 0 Å². The van der Waals surface area contributed by atoms with Gasteiger partial charge in [-0.2, -0.15) is 0 Å². The summed E-state index contributed by atoms with van der Waals surface area (Å²) < 4.78 is 10.9. The minimum absolute atomic E-state index is 0.286. The van der Waals surface area contributed by atoms with Gasteiger partial charge in [0, 0.05) is 23.2 Å². The molecule has 1 saturated carbocycles. The Morgan fingerprint density at radius 3 is 2.94 bits per heavy atom. The van der Waals surface area contributed by atoms with Crippen molar-refractivity contribution in [3.05, 3.63) is 17.7 Å². The van der Waals surface area contributed by atoms with Crippen molar-refractivity contribution in [3.8, 4) is 11.5 Å². The molecule has 0 aromatic heterocycles. The minimum atomic E-state index is 0.286. The zero-order valence-corrected chi connectivity index (χ0v) is 10.1. The third-order valence-electron chi connectivity index (χ3n) is 4.67. The van der Waals surface area contributed by atoms with Crippen LogP contribution in [-0.2, 0) is 5.41 Å². The highest BCUT2D eigenvalue weighted by Crippen LogP contribution is 2.52. The van der Waals surface area contributed by atoms with Crippen molar-refractivity contribution < 1.29 is 9.47 Å². The van der Waals surface area contributed by atoms with Crippen LogP contribution < -0.4 is 14.8 Å². The maximum Gasteiger partial charge on any atom is 0.231 e. The molecule has 90 valence electrons. The van der Waals surface area contributed by atoms with Crippen LogP contribution in [0.15, 0.2) is 12.1 Å². The highest BCUT2D eigenvalue weighted by atomic mass is 16.7. The average Bonchev–Trinajstić information content (AvgIpc) is 2.88. The van der Waals surface area contributed by atoms with Gasteiger partial charge in [0.1, 0.15) is 0 Å². The molecule has 0 saturated heterocycles. The largest absolute Gasteiger partial charge is 0.454 e. The lowest BCUT2D eigenvalue weighted by Crippen LogP contribution is -2.38. The second-order valence-corrected chi connectivity index (χ2v) is 5.61. The fraction of sp³-hybridized carbons (Fsp3) is 0.571. The van der Waals surface area contributed by atoms with Crippen molar-refractivity contribution in [1.82, 2.24) is 0 Å². The number of hydrogen-bond acceptors (Lipinski definition) is 3. The number of nitrogens with one attached hydrogen (secondary N) is 1. The van der Waals surface area contributed by atoms with Crippen molar-refractivity contribution in [3.63, 3.8) is 0 Å². The average molecular weight is 231 g/mol. The zero-order chi connectivity index (χ0) is 11.5. The van der Waals surface area contributed by atoms with Crippen molar-refractivity contribution in [2.24, 2.45) is 0 Å². The van der Waals surface area contributed by atoms with E-state index in [1.165, 1.54) is 36.9 Å². The number of anilines is 1. The van der Waals surface area contributed by atoms with Crippen molar-refractivity contribution in [2.45, 2.75) is 44.1 Å². The SMILES string of the molecule is CC12CCCCC1Nc1cc3c(cc12)OCO3. The summed E-state index contributed by atoms with van der Waals surface area (Å²) in [7, 11) is 0. The van der Waals surface area contributed by atoms with Crippen LogP contribution in [0, 0.1) is 0 Å². The second-order valence-electron chi connectivity index (χ2n) is 5.61. The summed E-state index contributed by atoms with van der Waals surface area (Å²) in [6.07, 6.45) is 5.23. The Balaban J connectivity index is 1.86. The lowest BCUT2D eigenvalue weighted by atomic mass is 9.70. The lowest BCUT2D eigenvalue weighted by Gasteiger charge is -2.36. The first kappa shape index (κ1) is 9.63. The smallest absolute Gasteiger partial charge is 0.231 e. The van der Waals surface area contributed by atoms with Gasteiger partial charge in [0.2, 0.25) is 6.79 Å². The number of hydrogen-bond donors (Lipinski definition) is 1. The van der Waals surface area contributed by atoms with E-state index in [9.17, 15) is 0 Å². The maximum absolute atomic E-state index is 5.50. The highest BCUT2D eigenvalue weighted by Gasteiger charge is 2.45. The molecule has 1 fully saturated rings. The van der Waals surface area contributed by atoms with E-state index in [4.69, 9.17) is 9.47 Å². The first-order valence-electron chi connectivity index (χ1n) is 6.48. The monoisotopic (exact) mass is 231 g/mol. The lowest BCUT2D eigenvalue weighted by molar-refractivity contribution is 0.173. The fourth-order valence-electron chi connectivity index (χ4n) is 3.61. The summed E-state index contributed by atoms with van der Waals surface area (Å²) >= 11 is 0. The molecule has 1 aromatic carbocycles. The van der Waals surface area contributed by atoms with Crippen LogP contribution in [0.5, 0.6) is 11.5 Å². The minimum Gasteiger partial charge on any atom is -0.454 e. The number of rotatable bonds is 0. The molecular formula is C14H17NO2.